The second-order valence-corrected chi connectivity index (χ2v) is 5.71. The van der Waals surface area contributed by atoms with Gasteiger partial charge < -0.3 is 9.15 Å². The second-order valence-electron chi connectivity index (χ2n) is 5.34. The Balaban J connectivity index is 1.49. The fourth-order valence-electron chi connectivity index (χ4n) is 2.64. The largest absolute Gasteiger partial charge is 0.448 e. The van der Waals surface area contributed by atoms with Crippen LogP contribution in [-0.4, -0.2) is 29.1 Å². The van der Waals surface area contributed by atoms with Crippen molar-refractivity contribution in [3.8, 4) is 0 Å². The first kappa shape index (κ1) is 14.6. The summed E-state index contributed by atoms with van der Waals surface area (Å²) in [5.41, 5.74) is 0.979. The molecule has 0 saturated carbocycles. The van der Waals surface area contributed by atoms with Gasteiger partial charge in [0, 0.05) is 12.7 Å². The molecule has 0 amide bonds. The number of ether oxygens (including phenoxy) is 1. The summed E-state index contributed by atoms with van der Waals surface area (Å²) >= 11 is 5.81. The number of furan rings is 1. The first-order valence-electron chi connectivity index (χ1n) is 7.28. The predicted octanol–water partition coefficient (Wildman–Crippen LogP) is 3.51. The number of hydrogen-bond donors (Lipinski definition) is 0. The van der Waals surface area contributed by atoms with Crippen molar-refractivity contribution in [2.75, 3.05) is 13.1 Å². The van der Waals surface area contributed by atoms with Crippen LogP contribution in [0.2, 0.25) is 5.22 Å². The highest BCUT2D eigenvalue weighted by Crippen LogP contribution is 2.19. The molecule has 1 fully saturated rings. The van der Waals surface area contributed by atoms with Crippen LogP contribution < -0.4 is 0 Å². The van der Waals surface area contributed by atoms with Crippen molar-refractivity contribution in [1.82, 2.24) is 9.88 Å². The number of aromatic nitrogens is 1. The Bertz CT molecular complexity index is 558. The summed E-state index contributed by atoms with van der Waals surface area (Å²) in [4.78, 5) is 6.63. The molecule has 0 aromatic carbocycles. The van der Waals surface area contributed by atoms with Crippen LogP contribution in [0.4, 0.5) is 0 Å². The topological polar surface area (TPSA) is 38.5 Å². The van der Waals surface area contributed by atoms with Gasteiger partial charge in [0.1, 0.15) is 5.76 Å². The molecule has 0 N–H and O–H groups in total. The maximum atomic E-state index is 5.98. The van der Waals surface area contributed by atoms with Crippen molar-refractivity contribution in [2.45, 2.75) is 32.1 Å². The minimum atomic E-state index is 0.256. The van der Waals surface area contributed by atoms with E-state index in [-0.39, 0.29) is 6.10 Å². The molecule has 4 nitrogen and oxygen atoms in total. The van der Waals surface area contributed by atoms with Crippen LogP contribution in [0, 0.1) is 0 Å². The van der Waals surface area contributed by atoms with Gasteiger partial charge in [0.05, 0.1) is 24.9 Å². The zero-order valence-corrected chi connectivity index (χ0v) is 12.6. The molecule has 1 aliphatic heterocycles. The van der Waals surface area contributed by atoms with Crippen molar-refractivity contribution in [1.29, 1.82) is 0 Å². The van der Waals surface area contributed by atoms with Crippen molar-refractivity contribution in [3.63, 3.8) is 0 Å². The van der Waals surface area contributed by atoms with Gasteiger partial charge in [-0.2, -0.15) is 0 Å². The van der Waals surface area contributed by atoms with E-state index in [4.69, 9.17) is 20.8 Å². The Kier molecular flexibility index (Phi) is 4.91. The molecule has 0 unspecified atom stereocenters. The van der Waals surface area contributed by atoms with Gasteiger partial charge in [-0.3, -0.25) is 9.88 Å². The summed E-state index contributed by atoms with van der Waals surface area (Å²) in [6, 6.07) is 9.61. The van der Waals surface area contributed by atoms with Crippen LogP contribution in [0.3, 0.4) is 0 Å². The number of rotatable bonds is 5. The van der Waals surface area contributed by atoms with Crippen LogP contribution in [0.15, 0.2) is 40.9 Å². The van der Waals surface area contributed by atoms with E-state index >= 15 is 0 Å². The summed E-state index contributed by atoms with van der Waals surface area (Å²) in [5.74, 6) is 0.908. The molecule has 5 heteroatoms. The third kappa shape index (κ3) is 4.30. The molecule has 2 aromatic rings. The third-order valence-electron chi connectivity index (χ3n) is 3.66. The summed E-state index contributed by atoms with van der Waals surface area (Å²) in [5, 5.41) is 0.449. The van der Waals surface area contributed by atoms with Crippen LogP contribution in [0.1, 0.15) is 24.3 Å². The van der Waals surface area contributed by atoms with Gasteiger partial charge in [-0.15, -0.1) is 0 Å². The SMILES string of the molecule is Clc1ccc(CN2CCC[C@H](OCc3ccccn3)C2)o1. The Labute approximate surface area is 129 Å². The molecule has 0 aliphatic carbocycles. The Morgan fingerprint density at radius 2 is 2.29 bits per heavy atom. The standard InChI is InChI=1S/C16H19ClN2O2/c17-16-7-6-15(21-16)11-19-9-3-5-14(10-19)20-12-13-4-1-2-8-18-13/h1-2,4,6-8,14H,3,5,9-12H2/t14-/m0/s1. The van der Waals surface area contributed by atoms with E-state index in [0.29, 0.717) is 11.8 Å². The molecule has 0 spiro atoms. The molecular formula is C16H19ClN2O2. The maximum Gasteiger partial charge on any atom is 0.193 e. The summed E-state index contributed by atoms with van der Waals surface area (Å²) in [6.07, 6.45) is 4.29. The monoisotopic (exact) mass is 306 g/mol. The Morgan fingerprint density at radius 3 is 3.05 bits per heavy atom. The highest BCUT2D eigenvalue weighted by atomic mass is 35.5. The highest BCUT2D eigenvalue weighted by Gasteiger charge is 2.21. The van der Waals surface area contributed by atoms with Crippen molar-refractivity contribution in [2.24, 2.45) is 0 Å². The van der Waals surface area contributed by atoms with Gasteiger partial charge in [-0.25, -0.2) is 0 Å². The van der Waals surface area contributed by atoms with Crippen LogP contribution >= 0.6 is 11.6 Å². The number of likely N-dealkylation sites (tertiary alicyclic amines) is 1. The molecule has 21 heavy (non-hydrogen) atoms. The van der Waals surface area contributed by atoms with E-state index < -0.39 is 0 Å². The summed E-state index contributed by atoms with van der Waals surface area (Å²) in [6.45, 7) is 3.36. The molecule has 2 aromatic heterocycles. The normalized spacial score (nSPS) is 19.8. The molecule has 0 radical (unpaired) electrons. The van der Waals surface area contributed by atoms with E-state index in [9.17, 15) is 0 Å². The van der Waals surface area contributed by atoms with Crippen molar-refractivity contribution in [3.05, 3.63) is 53.2 Å². The fourth-order valence-corrected chi connectivity index (χ4v) is 2.80. The van der Waals surface area contributed by atoms with Gasteiger partial charge in [0.15, 0.2) is 5.22 Å². The van der Waals surface area contributed by atoms with E-state index in [1.54, 1.807) is 12.3 Å². The van der Waals surface area contributed by atoms with Gasteiger partial charge in [-0.05, 0) is 55.3 Å². The highest BCUT2D eigenvalue weighted by molar-refractivity contribution is 6.28. The van der Waals surface area contributed by atoms with Crippen LogP contribution in [-0.2, 0) is 17.9 Å². The molecule has 3 heterocycles. The maximum absolute atomic E-state index is 5.98. The average molecular weight is 307 g/mol. The Hall–Kier alpha value is -1.36. The lowest BCUT2D eigenvalue weighted by Gasteiger charge is -2.31. The summed E-state index contributed by atoms with van der Waals surface area (Å²) < 4.78 is 11.4. The second kappa shape index (κ2) is 7.07. The van der Waals surface area contributed by atoms with Crippen molar-refractivity contribution >= 4 is 11.6 Å². The summed E-state index contributed by atoms with van der Waals surface area (Å²) in [7, 11) is 0. The number of nitrogens with zero attached hydrogens (tertiary/aromatic N) is 2. The third-order valence-corrected chi connectivity index (χ3v) is 3.87. The number of pyridine rings is 1. The molecule has 112 valence electrons. The lowest BCUT2D eigenvalue weighted by Crippen LogP contribution is -2.39. The van der Waals surface area contributed by atoms with E-state index in [2.05, 4.69) is 9.88 Å². The van der Waals surface area contributed by atoms with E-state index in [1.165, 1.54) is 0 Å². The number of hydrogen-bond acceptors (Lipinski definition) is 4. The van der Waals surface area contributed by atoms with Crippen LogP contribution in [0.5, 0.6) is 0 Å². The van der Waals surface area contributed by atoms with Gasteiger partial charge >= 0.3 is 0 Å². The fraction of sp³-hybridized carbons (Fsp3) is 0.438. The van der Waals surface area contributed by atoms with Gasteiger partial charge in [0.2, 0.25) is 0 Å². The molecule has 0 bridgehead atoms. The zero-order chi connectivity index (χ0) is 14.5. The lowest BCUT2D eigenvalue weighted by molar-refractivity contribution is -0.0146. The van der Waals surface area contributed by atoms with E-state index in [0.717, 1.165) is 43.9 Å². The lowest BCUT2D eigenvalue weighted by atomic mass is 10.1. The molecule has 1 saturated heterocycles. The predicted molar refractivity (Wildman–Crippen MR) is 81.0 cm³/mol. The van der Waals surface area contributed by atoms with Crippen LogP contribution in [0.25, 0.3) is 0 Å². The van der Waals surface area contributed by atoms with E-state index in [1.807, 2.05) is 24.3 Å². The smallest absolute Gasteiger partial charge is 0.193 e. The first-order valence-corrected chi connectivity index (χ1v) is 7.65. The van der Waals surface area contributed by atoms with Gasteiger partial charge in [0.25, 0.3) is 0 Å². The van der Waals surface area contributed by atoms with Crippen molar-refractivity contribution < 1.29 is 9.15 Å². The minimum absolute atomic E-state index is 0.256. The molecular weight excluding hydrogens is 288 g/mol. The number of halogens is 1. The zero-order valence-electron chi connectivity index (χ0n) is 11.9. The molecule has 3 rings (SSSR count). The minimum Gasteiger partial charge on any atom is -0.448 e. The molecule has 1 atom stereocenters. The van der Waals surface area contributed by atoms with Gasteiger partial charge in [-0.1, -0.05) is 6.07 Å². The quantitative estimate of drug-likeness (QED) is 0.847. The number of piperidine rings is 1. The first-order chi connectivity index (χ1) is 10.3. The average Bonchev–Trinajstić information content (AvgIpc) is 2.92. The Morgan fingerprint density at radius 1 is 1.33 bits per heavy atom. The molecule has 1 aliphatic rings.